The average Bonchev–Trinajstić information content (AvgIpc) is 2.27. The van der Waals surface area contributed by atoms with E-state index in [0.717, 1.165) is 18.0 Å². The summed E-state index contributed by atoms with van der Waals surface area (Å²) in [7, 11) is 3.63. The van der Waals surface area contributed by atoms with Gasteiger partial charge in [-0.15, -0.1) is 0 Å². The van der Waals surface area contributed by atoms with E-state index in [1.54, 1.807) is 13.2 Å². The third kappa shape index (κ3) is 2.90. The van der Waals surface area contributed by atoms with Crippen LogP contribution in [0.25, 0.3) is 0 Å². The molecule has 1 aromatic carbocycles. The van der Waals surface area contributed by atoms with Crippen molar-refractivity contribution in [3.63, 3.8) is 0 Å². The van der Waals surface area contributed by atoms with Crippen LogP contribution in [0.3, 0.4) is 0 Å². The molecule has 0 unspecified atom stereocenters. The number of ether oxygens (including phenoxy) is 1. The molecule has 1 aromatic rings. The molecule has 0 N–H and O–H groups in total. The smallest absolute Gasteiger partial charge is 0.121 e. The molecule has 0 radical (unpaired) electrons. The Hall–Kier alpha value is -1.69. The number of nitrogens with zero attached hydrogens (tertiary/aromatic N) is 2. The van der Waals surface area contributed by atoms with Gasteiger partial charge >= 0.3 is 0 Å². The van der Waals surface area contributed by atoms with E-state index in [2.05, 4.69) is 24.8 Å². The third-order valence-corrected chi connectivity index (χ3v) is 2.38. The number of anilines is 1. The number of hydrogen-bond acceptors (Lipinski definition) is 3. The Morgan fingerprint density at radius 1 is 1.44 bits per heavy atom. The van der Waals surface area contributed by atoms with Crippen LogP contribution in [0.1, 0.15) is 19.4 Å². The first kappa shape index (κ1) is 12.4. The highest BCUT2D eigenvalue weighted by Crippen LogP contribution is 2.25. The largest absolute Gasteiger partial charge is 0.497 e. The fourth-order valence-electron chi connectivity index (χ4n) is 1.69. The Kier molecular flexibility index (Phi) is 4.19. The van der Waals surface area contributed by atoms with Crippen LogP contribution < -0.4 is 9.64 Å². The van der Waals surface area contributed by atoms with Crippen molar-refractivity contribution >= 4 is 5.69 Å². The van der Waals surface area contributed by atoms with Gasteiger partial charge in [0, 0.05) is 19.7 Å². The van der Waals surface area contributed by atoms with Crippen molar-refractivity contribution < 1.29 is 4.74 Å². The van der Waals surface area contributed by atoms with E-state index in [1.807, 2.05) is 19.2 Å². The molecule has 1 rings (SSSR count). The molecule has 16 heavy (non-hydrogen) atoms. The maximum Gasteiger partial charge on any atom is 0.121 e. The summed E-state index contributed by atoms with van der Waals surface area (Å²) in [6.07, 6.45) is 0. The molecule has 0 aliphatic heterocycles. The number of methoxy groups -OCH3 is 1. The number of hydrogen-bond donors (Lipinski definition) is 0. The highest BCUT2D eigenvalue weighted by Gasteiger charge is 2.09. The first-order valence-corrected chi connectivity index (χ1v) is 5.37. The summed E-state index contributed by atoms with van der Waals surface area (Å²) >= 11 is 0. The van der Waals surface area contributed by atoms with Gasteiger partial charge in [-0.1, -0.05) is 13.8 Å². The van der Waals surface area contributed by atoms with Crippen molar-refractivity contribution in [1.29, 1.82) is 5.26 Å². The van der Waals surface area contributed by atoms with Crippen LogP contribution >= 0.6 is 0 Å². The third-order valence-electron chi connectivity index (χ3n) is 2.38. The molecular weight excluding hydrogens is 200 g/mol. The Balaban J connectivity index is 3.04. The van der Waals surface area contributed by atoms with Gasteiger partial charge in [-0.2, -0.15) is 5.26 Å². The molecule has 0 amide bonds. The number of benzene rings is 1. The Labute approximate surface area is 97.3 Å². The van der Waals surface area contributed by atoms with E-state index in [0.29, 0.717) is 11.5 Å². The minimum atomic E-state index is 0.558. The lowest BCUT2D eigenvalue weighted by Crippen LogP contribution is -2.23. The molecule has 0 aliphatic rings. The van der Waals surface area contributed by atoms with E-state index in [4.69, 9.17) is 10.00 Å². The zero-order valence-corrected chi connectivity index (χ0v) is 10.3. The predicted molar refractivity (Wildman–Crippen MR) is 65.8 cm³/mol. The molecule has 0 saturated carbocycles. The lowest BCUT2D eigenvalue weighted by atomic mass is 10.1. The van der Waals surface area contributed by atoms with Crippen molar-refractivity contribution in [2.45, 2.75) is 13.8 Å². The van der Waals surface area contributed by atoms with Gasteiger partial charge in [-0.3, -0.25) is 0 Å². The van der Waals surface area contributed by atoms with Gasteiger partial charge in [-0.05, 0) is 18.1 Å². The summed E-state index contributed by atoms with van der Waals surface area (Å²) in [5.74, 6) is 1.34. The summed E-state index contributed by atoms with van der Waals surface area (Å²) in [4.78, 5) is 2.09. The molecule has 0 aromatic heterocycles. The monoisotopic (exact) mass is 218 g/mol. The van der Waals surface area contributed by atoms with Crippen molar-refractivity contribution in [1.82, 2.24) is 0 Å². The minimum Gasteiger partial charge on any atom is -0.497 e. The highest BCUT2D eigenvalue weighted by atomic mass is 16.5. The summed E-state index contributed by atoms with van der Waals surface area (Å²) in [5, 5.41) is 9.05. The average molecular weight is 218 g/mol. The quantitative estimate of drug-likeness (QED) is 0.779. The Morgan fingerprint density at radius 2 is 2.12 bits per heavy atom. The molecule has 3 heteroatoms. The fraction of sp³-hybridized carbons (Fsp3) is 0.462. The maximum atomic E-state index is 9.05. The maximum absolute atomic E-state index is 9.05. The second-order valence-electron chi connectivity index (χ2n) is 4.27. The van der Waals surface area contributed by atoms with E-state index in [1.165, 1.54) is 0 Å². The van der Waals surface area contributed by atoms with Crippen LogP contribution in [0.15, 0.2) is 18.2 Å². The SMILES string of the molecule is COc1ccc(C#N)c(N(C)CC(C)C)c1. The van der Waals surface area contributed by atoms with Crippen LogP contribution in [0, 0.1) is 17.2 Å². The molecule has 0 spiro atoms. The van der Waals surface area contributed by atoms with Crippen LogP contribution in [0.2, 0.25) is 0 Å². The Morgan fingerprint density at radius 3 is 2.62 bits per heavy atom. The topological polar surface area (TPSA) is 36.3 Å². The molecule has 0 atom stereocenters. The molecule has 86 valence electrons. The second-order valence-corrected chi connectivity index (χ2v) is 4.27. The molecule has 0 heterocycles. The summed E-state index contributed by atoms with van der Waals surface area (Å²) in [6, 6.07) is 7.71. The van der Waals surface area contributed by atoms with Crippen molar-refractivity contribution in [2.24, 2.45) is 5.92 Å². The molecule has 0 saturated heterocycles. The zero-order valence-electron chi connectivity index (χ0n) is 10.3. The van der Waals surface area contributed by atoms with E-state index in [-0.39, 0.29) is 0 Å². The molecule has 0 aliphatic carbocycles. The fourth-order valence-corrected chi connectivity index (χ4v) is 1.69. The van der Waals surface area contributed by atoms with Crippen LogP contribution in [0.5, 0.6) is 5.75 Å². The molecule has 3 nitrogen and oxygen atoms in total. The first-order chi connectivity index (χ1) is 7.58. The summed E-state index contributed by atoms with van der Waals surface area (Å²) in [5.41, 5.74) is 1.61. The van der Waals surface area contributed by atoms with Gasteiger partial charge in [-0.25, -0.2) is 0 Å². The highest BCUT2D eigenvalue weighted by molar-refractivity contribution is 5.61. The summed E-state index contributed by atoms with van der Waals surface area (Å²) < 4.78 is 5.17. The van der Waals surface area contributed by atoms with Gasteiger partial charge in [0.1, 0.15) is 11.8 Å². The van der Waals surface area contributed by atoms with Crippen molar-refractivity contribution in [3.05, 3.63) is 23.8 Å². The van der Waals surface area contributed by atoms with E-state index < -0.39 is 0 Å². The van der Waals surface area contributed by atoms with Crippen molar-refractivity contribution in [3.8, 4) is 11.8 Å². The van der Waals surface area contributed by atoms with Gasteiger partial charge in [0.15, 0.2) is 0 Å². The zero-order chi connectivity index (χ0) is 12.1. The lowest BCUT2D eigenvalue weighted by Gasteiger charge is -2.23. The Bertz CT molecular complexity index is 393. The number of rotatable bonds is 4. The van der Waals surface area contributed by atoms with Gasteiger partial charge < -0.3 is 9.64 Å². The second kappa shape index (κ2) is 5.41. The molecular formula is C13H18N2O. The molecule has 0 fully saturated rings. The first-order valence-electron chi connectivity index (χ1n) is 5.37. The molecule has 0 bridgehead atoms. The predicted octanol–water partition coefficient (Wildman–Crippen LogP) is 2.66. The minimum absolute atomic E-state index is 0.558. The van der Waals surface area contributed by atoms with E-state index >= 15 is 0 Å². The van der Waals surface area contributed by atoms with E-state index in [9.17, 15) is 0 Å². The van der Waals surface area contributed by atoms with Crippen LogP contribution in [-0.4, -0.2) is 20.7 Å². The number of nitriles is 1. The standard InChI is InChI=1S/C13H18N2O/c1-10(2)9-15(3)13-7-12(16-4)6-5-11(13)8-14/h5-7,10H,9H2,1-4H3. The van der Waals surface area contributed by atoms with Crippen LogP contribution in [-0.2, 0) is 0 Å². The van der Waals surface area contributed by atoms with Gasteiger partial charge in [0.25, 0.3) is 0 Å². The van der Waals surface area contributed by atoms with Crippen LogP contribution in [0.4, 0.5) is 5.69 Å². The van der Waals surface area contributed by atoms with Crippen molar-refractivity contribution in [2.75, 3.05) is 25.6 Å². The van der Waals surface area contributed by atoms with Gasteiger partial charge in [0.05, 0.1) is 18.4 Å². The van der Waals surface area contributed by atoms with Gasteiger partial charge in [0.2, 0.25) is 0 Å². The lowest BCUT2D eigenvalue weighted by molar-refractivity contribution is 0.414. The normalized spacial score (nSPS) is 10.0. The summed E-state index contributed by atoms with van der Waals surface area (Å²) in [6.45, 7) is 5.23.